The zero-order valence-electron chi connectivity index (χ0n) is 18.6. The summed E-state index contributed by atoms with van der Waals surface area (Å²) in [5, 5.41) is 5.67. The van der Waals surface area contributed by atoms with E-state index in [-0.39, 0.29) is 18.0 Å². The average molecular weight is 566 g/mol. The molecule has 1 aromatic heterocycles. The molecule has 7 nitrogen and oxygen atoms in total. The summed E-state index contributed by atoms with van der Waals surface area (Å²) < 4.78 is 10.8. The van der Waals surface area contributed by atoms with Crippen LogP contribution in [0.3, 0.4) is 0 Å². The number of carbonyl (C=O) groups excluding carboxylic acids is 1. The number of alkyl halides is 1. The van der Waals surface area contributed by atoms with Gasteiger partial charge in [-0.1, -0.05) is 51.8 Å². The summed E-state index contributed by atoms with van der Waals surface area (Å²) in [5.41, 5.74) is 2.17. The maximum Gasteiger partial charge on any atom is 0.246 e. The number of halogens is 3. The van der Waals surface area contributed by atoms with Crippen LogP contribution in [0.2, 0.25) is 10.0 Å². The van der Waals surface area contributed by atoms with Gasteiger partial charge in [0.05, 0.1) is 29.8 Å². The van der Waals surface area contributed by atoms with Gasteiger partial charge in [0.2, 0.25) is 11.9 Å². The first kappa shape index (κ1) is 24.6. The molecular formula is C24H23BrCl2N4O3. The molecule has 1 aliphatic rings. The number of nitrogens with zero attached hydrogens (tertiary/aromatic N) is 3. The molecule has 1 N–H and O–H groups in total. The van der Waals surface area contributed by atoms with Gasteiger partial charge < -0.3 is 19.7 Å². The maximum absolute atomic E-state index is 12.1. The number of amides is 1. The third-order valence-corrected chi connectivity index (χ3v) is 7.32. The maximum atomic E-state index is 12.1. The Hall–Kier alpha value is -2.55. The van der Waals surface area contributed by atoms with Gasteiger partial charge in [0.1, 0.15) is 11.5 Å². The predicted molar refractivity (Wildman–Crippen MR) is 140 cm³/mol. The van der Waals surface area contributed by atoms with Crippen LogP contribution in [0.25, 0.3) is 22.0 Å². The van der Waals surface area contributed by atoms with Crippen molar-refractivity contribution in [3.8, 4) is 22.6 Å². The highest BCUT2D eigenvalue weighted by atomic mass is 79.9. The highest BCUT2D eigenvalue weighted by Crippen LogP contribution is 2.46. The van der Waals surface area contributed by atoms with Gasteiger partial charge in [-0.25, -0.2) is 9.97 Å². The van der Waals surface area contributed by atoms with Crippen LogP contribution in [-0.2, 0) is 4.79 Å². The van der Waals surface area contributed by atoms with Crippen molar-refractivity contribution in [1.29, 1.82) is 0 Å². The molecule has 178 valence electrons. The van der Waals surface area contributed by atoms with Crippen molar-refractivity contribution in [1.82, 2.24) is 14.9 Å². The van der Waals surface area contributed by atoms with Gasteiger partial charge >= 0.3 is 0 Å². The quantitative estimate of drug-likeness (QED) is 0.297. The van der Waals surface area contributed by atoms with Crippen LogP contribution < -0.4 is 14.8 Å². The second kappa shape index (κ2) is 10.4. The zero-order chi connectivity index (χ0) is 24.4. The minimum Gasteiger partial charge on any atom is -0.495 e. The number of likely N-dealkylation sites (tertiary alicyclic amines) is 1. The fraction of sp³-hybridized carbons (Fsp3) is 0.292. The van der Waals surface area contributed by atoms with Gasteiger partial charge in [-0.15, -0.1) is 0 Å². The topological polar surface area (TPSA) is 76.6 Å². The minimum absolute atomic E-state index is 0.0463. The number of hydrogen-bond donors (Lipinski definition) is 1. The molecule has 0 radical (unpaired) electrons. The van der Waals surface area contributed by atoms with Crippen LogP contribution in [0.15, 0.2) is 43.1 Å². The van der Waals surface area contributed by atoms with Gasteiger partial charge in [-0.3, -0.25) is 4.79 Å². The lowest BCUT2D eigenvalue weighted by atomic mass is 10.0. The predicted octanol–water partition coefficient (Wildman–Crippen LogP) is 5.58. The summed E-state index contributed by atoms with van der Waals surface area (Å²) in [6.45, 7) is 4.16. The monoisotopic (exact) mass is 564 g/mol. The second-order valence-corrected chi connectivity index (χ2v) is 9.23. The molecular weight excluding hydrogens is 543 g/mol. The number of methoxy groups -OCH3 is 2. The van der Waals surface area contributed by atoms with E-state index >= 15 is 0 Å². The largest absolute Gasteiger partial charge is 0.495 e. The molecule has 4 rings (SSSR count). The lowest BCUT2D eigenvalue weighted by Crippen LogP contribution is -2.36. The SMILES string of the molecule is C=CC(=O)N1C[C@@H](Nc2ncc3cc(-c4c(Cl)c(OC)cc(OC)c4Cl)ccc3n2)C[C@H]1CBr. The summed E-state index contributed by atoms with van der Waals surface area (Å²) in [6, 6.07) is 7.51. The first-order valence-electron chi connectivity index (χ1n) is 10.5. The van der Waals surface area contributed by atoms with Crippen LogP contribution in [0.4, 0.5) is 5.95 Å². The number of fused-ring (bicyclic) bond motifs is 1. The number of hydrogen-bond acceptors (Lipinski definition) is 6. The highest BCUT2D eigenvalue weighted by Gasteiger charge is 2.33. The van der Waals surface area contributed by atoms with E-state index in [4.69, 9.17) is 32.7 Å². The van der Waals surface area contributed by atoms with Crippen molar-refractivity contribution in [3.05, 3.63) is 53.2 Å². The molecule has 10 heteroatoms. The molecule has 1 fully saturated rings. The van der Waals surface area contributed by atoms with Crippen LogP contribution in [0.1, 0.15) is 6.42 Å². The molecule has 34 heavy (non-hydrogen) atoms. The van der Waals surface area contributed by atoms with E-state index < -0.39 is 0 Å². The smallest absolute Gasteiger partial charge is 0.246 e. The standard InChI is InChI=1S/C24H23BrCl2N4O3/c1-4-20(32)31-12-15(8-16(31)10-25)29-24-28-11-14-7-13(5-6-17(14)30-24)21-22(26)18(33-2)9-19(34-3)23(21)27/h4-7,9,11,15-16H,1,8,10,12H2,2-3H3,(H,28,29,30)/t15-,16-/m0/s1. The lowest BCUT2D eigenvalue weighted by molar-refractivity contribution is -0.126. The highest BCUT2D eigenvalue weighted by molar-refractivity contribution is 9.09. The molecule has 0 spiro atoms. The number of ether oxygens (including phenoxy) is 2. The third kappa shape index (κ3) is 4.67. The van der Waals surface area contributed by atoms with Gasteiger partial charge in [0.25, 0.3) is 0 Å². The molecule has 1 amide bonds. The normalized spacial score (nSPS) is 17.6. The first-order valence-corrected chi connectivity index (χ1v) is 12.4. The summed E-state index contributed by atoms with van der Waals surface area (Å²) in [5.74, 6) is 1.37. The number of rotatable bonds is 7. The molecule has 0 saturated carbocycles. The number of carbonyl (C=O) groups is 1. The van der Waals surface area contributed by atoms with Crippen molar-refractivity contribution in [2.75, 3.05) is 31.4 Å². The number of nitrogens with one attached hydrogen (secondary N) is 1. The molecule has 3 aromatic rings. The Bertz CT molecular complexity index is 1230. The van der Waals surface area contributed by atoms with E-state index in [2.05, 4.69) is 37.8 Å². The van der Waals surface area contributed by atoms with E-state index in [0.717, 1.165) is 22.9 Å². The number of anilines is 1. The summed E-state index contributed by atoms with van der Waals surface area (Å²) in [6.07, 6.45) is 3.88. The van der Waals surface area contributed by atoms with E-state index in [1.807, 2.05) is 23.1 Å². The fourth-order valence-electron chi connectivity index (χ4n) is 4.13. The average Bonchev–Trinajstić information content (AvgIpc) is 3.26. The molecule has 2 heterocycles. The fourth-order valence-corrected chi connectivity index (χ4v) is 5.47. The van der Waals surface area contributed by atoms with Crippen LogP contribution >= 0.6 is 39.1 Å². The summed E-state index contributed by atoms with van der Waals surface area (Å²) in [4.78, 5) is 23.1. The molecule has 0 aliphatic carbocycles. The minimum atomic E-state index is -0.0767. The van der Waals surface area contributed by atoms with Gasteiger partial charge in [0, 0.05) is 47.2 Å². The first-order chi connectivity index (χ1) is 16.4. The van der Waals surface area contributed by atoms with Crippen molar-refractivity contribution in [3.63, 3.8) is 0 Å². The van der Waals surface area contributed by atoms with Crippen molar-refractivity contribution in [2.45, 2.75) is 18.5 Å². The Labute approximate surface area is 216 Å². The molecule has 2 atom stereocenters. The molecule has 2 aromatic carbocycles. The van der Waals surface area contributed by atoms with Crippen molar-refractivity contribution >= 4 is 61.9 Å². The molecule has 1 saturated heterocycles. The van der Waals surface area contributed by atoms with Crippen LogP contribution in [0, 0.1) is 0 Å². The van der Waals surface area contributed by atoms with E-state index in [1.165, 1.54) is 20.3 Å². The Morgan fingerprint density at radius 1 is 1.26 bits per heavy atom. The van der Waals surface area contributed by atoms with Crippen molar-refractivity contribution in [2.24, 2.45) is 0 Å². The van der Waals surface area contributed by atoms with Gasteiger partial charge in [0.15, 0.2) is 0 Å². The third-order valence-electron chi connectivity index (χ3n) is 5.83. The summed E-state index contributed by atoms with van der Waals surface area (Å²) >= 11 is 16.6. The Kier molecular flexibility index (Phi) is 7.50. The number of benzene rings is 2. The van der Waals surface area contributed by atoms with Gasteiger partial charge in [-0.05, 0) is 30.2 Å². The van der Waals surface area contributed by atoms with Crippen molar-refractivity contribution < 1.29 is 14.3 Å². The lowest BCUT2D eigenvalue weighted by Gasteiger charge is -2.20. The Morgan fingerprint density at radius 2 is 1.97 bits per heavy atom. The van der Waals surface area contributed by atoms with Crippen LogP contribution in [-0.4, -0.2) is 59.0 Å². The summed E-state index contributed by atoms with van der Waals surface area (Å²) in [7, 11) is 3.08. The van der Waals surface area contributed by atoms with E-state index in [1.54, 1.807) is 12.3 Å². The molecule has 0 unspecified atom stereocenters. The van der Waals surface area contributed by atoms with Gasteiger partial charge in [-0.2, -0.15) is 0 Å². The molecule has 0 bridgehead atoms. The van der Waals surface area contributed by atoms with E-state index in [9.17, 15) is 4.79 Å². The Morgan fingerprint density at radius 3 is 2.59 bits per heavy atom. The second-order valence-electron chi connectivity index (χ2n) is 7.83. The zero-order valence-corrected chi connectivity index (χ0v) is 21.7. The van der Waals surface area contributed by atoms with Crippen LogP contribution in [0.5, 0.6) is 11.5 Å². The van der Waals surface area contributed by atoms with E-state index in [0.29, 0.717) is 44.9 Å². The molecule has 1 aliphatic heterocycles. The number of aromatic nitrogens is 2. The Balaban J connectivity index is 1.62.